The zero-order valence-electron chi connectivity index (χ0n) is 13.3. The molecule has 0 bridgehead atoms. The highest BCUT2D eigenvalue weighted by molar-refractivity contribution is 7.16. The lowest BCUT2D eigenvalue weighted by molar-refractivity contribution is -0.132. The van der Waals surface area contributed by atoms with Crippen LogP contribution in [0.3, 0.4) is 0 Å². The smallest absolute Gasteiger partial charge is 0.260 e. The summed E-state index contributed by atoms with van der Waals surface area (Å²) in [4.78, 5) is 14.8. The number of ether oxygens (including phenoxy) is 2. The summed E-state index contributed by atoms with van der Waals surface area (Å²) in [7, 11) is 1.75. The molecule has 0 atom stereocenters. The van der Waals surface area contributed by atoms with Gasteiger partial charge in [0.1, 0.15) is 11.5 Å². The first-order valence-corrected chi connectivity index (χ1v) is 8.61. The van der Waals surface area contributed by atoms with Crippen molar-refractivity contribution in [3.05, 3.63) is 45.6 Å². The second-order valence-corrected chi connectivity index (χ2v) is 6.86. The van der Waals surface area contributed by atoms with Crippen LogP contribution in [0.4, 0.5) is 0 Å². The van der Waals surface area contributed by atoms with Gasteiger partial charge in [0.2, 0.25) is 0 Å². The number of carbonyl (C=O) groups excluding carboxylic acids is 1. The van der Waals surface area contributed by atoms with Gasteiger partial charge in [-0.1, -0.05) is 18.5 Å². The van der Waals surface area contributed by atoms with Crippen molar-refractivity contribution in [3.63, 3.8) is 0 Å². The van der Waals surface area contributed by atoms with E-state index in [1.54, 1.807) is 24.1 Å². The Kier molecular flexibility index (Phi) is 6.74. The van der Waals surface area contributed by atoms with Gasteiger partial charge >= 0.3 is 0 Å². The molecule has 0 saturated heterocycles. The predicted molar refractivity (Wildman–Crippen MR) is 93.5 cm³/mol. The van der Waals surface area contributed by atoms with Crippen LogP contribution in [0, 0.1) is 0 Å². The van der Waals surface area contributed by atoms with Gasteiger partial charge in [-0.25, -0.2) is 0 Å². The maximum absolute atomic E-state index is 12.1. The Morgan fingerprint density at radius 1 is 1.13 bits per heavy atom. The molecule has 0 aliphatic rings. The van der Waals surface area contributed by atoms with E-state index in [-0.39, 0.29) is 12.5 Å². The topological polar surface area (TPSA) is 38.8 Å². The molecule has 1 heterocycles. The normalized spacial score (nSPS) is 10.4. The first-order chi connectivity index (χ1) is 11.1. The van der Waals surface area contributed by atoms with Crippen LogP contribution in [0.5, 0.6) is 11.5 Å². The molecule has 124 valence electrons. The molecule has 6 heteroatoms. The number of halogens is 1. The van der Waals surface area contributed by atoms with Crippen LogP contribution < -0.4 is 9.47 Å². The molecule has 0 N–H and O–H groups in total. The Labute approximate surface area is 145 Å². The number of nitrogens with zero attached hydrogens (tertiary/aromatic N) is 1. The van der Waals surface area contributed by atoms with Gasteiger partial charge in [0, 0.05) is 11.9 Å². The third-order valence-corrected chi connectivity index (χ3v) is 4.32. The lowest BCUT2D eigenvalue weighted by atomic mass is 10.3. The van der Waals surface area contributed by atoms with Crippen LogP contribution in [0.25, 0.3) is 0 Å². The third-order valence-electron chi connectivity index (χ3n) is 3.11. The fourth-order valence-electron chi connectivity index (χ4n) is 1.87. The summed E-state index contributed by atoms with van der Waals surface area (Å²) in [6.07, 6.45) is 0.967. The Bertz CT molecular complexity index is 627. The van der Waals surface area contributed by atoms with Crippen LogP contribution in [0.1, 0.15) is 18.2 Å². The van der Waals surface area contributed by atoms with Gasteiger partial charge in [0.15, 0.2) is 6.61 Å². The SMILES string of the molecule is CCCOc1ccc(OCC(=O)N(C)Cc2ccc(Cl)s2)cc1. The monoisotopic (exact) mass is 353 g/mol. The number of carbonyl (C=O) groups is 1. The zero-order chi connectivity index (χ0) is 16.7. The highest BCUT2D eigenvalue weighted by atomic mass is 35.5. The average Bonchev–Trinajstić information content (AvgIpc) is 2.96. The molecule has 1 aromatic carbocycles. The largest absolute Gasteiger partial charge is 0.494 e. The molecule has 0 radical (unpaired) electrons. The average molecular weight is 354 g/mol. The summed E-state index contributed by atoms with van der Waals surface area (Å²) < 4.78 is 11.7. The first-order valence-electron chi connectivity index (χ1n) is 7.42. The Balaban J connectivity index is 1.79. The standard InChI is InChI=1S/C17H20ClNO3S/c1-3-10-21-13-4-6-14(7-5-13)22-12-17(20)19(2)11-15-8-9-16(18)23-15/h4-9H,3,10-12H2,1-2H3. The molecular weight excluding hydrogens is 334 g/mol. The van der Waals surface area contributed by atoms with Crippen molar-refractivity contribution in [2.45, 2.75) is 19.9 Å². The van der Waals surface area contributed by atoms with E-state index in [0.717, 1.165) is 21.4 Å². The molecule has 1 amide bonds. The van der Waals surface area contributed by atoms with Crippen molar-refractivity contribution in [3.8, 4) is 11.5 Å². The highest BCUT2D eigenvalue weighted by Gasteiger charge is 2.11. The van der Waals surface area contributed by atoms with E-state index in [0.29, 0.717) is 18.9 Å². The fourth-order valence-corrected chi connectivity index (χ4v) is 3.01. The maximum atomic E-state index is 12.1. The predicted octanol–water partition coefficient (Wildman–Crippen LogP) is 4.23. The van der Waals surface area contributed by atoms with E-state index in [1.165, 1.54) is 11.3 Å². The van der Waals surface area contributed by atoms with Gasteiger partial charge in [0.05, 0.1) is 17.5 Å². The van der Waals surface area contributed by atoms with E-state index < -0.39 is 0 Å². The van der Waals surface area contributed by atoms with E-state index >= 15 is 0 Å². The molecule has 0 spiro atoms. The number of hydrogen-bond acceptors (Lipinski definition) is 4. The summed E-state index contributed by atoms with van der Waals surface area (Å²) in [6.45, 7) is 3.29. The minimum absolute atomic E-state index is 0.00473. The van der Waals surface area contributed by atoms with Crippen molar-refractivity contribution in [1.29, 1.82) is 0 Å². The molecule has 0 aliphatic carbocycles. The summed E-state index contributed by atoms with van der Waals surface area (Å²) in [5, 5.41) is 0. The molecule has 1 aromatic heterocycles. The Hall–Kier alpha value is -1.72. The van der Waals surface area contributed by atoms with Crippen LogP contribution in [-0.4, -0.2) is 31.1 Å². The molecule has 0 aliphatic heterocycles. The van der Waals surface area contributed by atoms with Crippen LogP contribution in [0.15, 0.2) is 36.4 Å². The summed E-state index contributed by atoms with van der Waals surface area (Å²) in [5.41, 5.74) is 0. The molecule has 0 saturated carbocycles. The van der Waals surface area contributed by atoms with E-state index in [1.807, 2.05) is 24.3 Å². The van der Waals surface area contributed by atoms with Gasteiger partial charge in [-0.05, 0) is 42.8 Å². The zero-order valence-corrected chi connectivity index (χ0v) is 14.8. The summed E-state index contributed by atoms with van der Waals surface area (Å²) in [6, 6.07) is 11.0. The van der Waals surface area contributed by atoms with Crippen molar-refractivity contribution in [1.82, 2.24) is 4.90 Å². The van der Waals surface area contributed by atoms with Crippen LogP contribution >= 0.6 is 22.9 Å². The van der Waals surface area contributed by atoms with Crippen molar-refractivity contribution < 1.29 is 14.3 Å². The van der Waals surface area contributed by atoms with Crippen molar-refractivity contribution >= 4 is 28.8 Å². The quantitative estimate of drug-likeness (QED) is 0.713. The summed E-state index contributed by atoms with van der Waals surface area (Å²) in [5.74, 6) is 1.37. The van der Waals surface area contributed by atoms with Gasteiger partial charge in [0.25, 0.3) is 5.91 Å². The third kappa shape index (κ3) is 5.77. The molecule has 2 rings (SSSR count). The Morgan fingerprint density at radius 3 is 2.35 bits per heavy atom. The number of hydrogen-bond donors (Lipinski definition) is 0. The number of amides is 1. The molecule has 0 unspecified atom stereocenters. The molecule has 0 fully saturated rings. The van der Waals surface area contributed by atoms with E-state index in [2.05, 4.69) is 6.92 Å². The van der Waals surface area contributed by atoms with Gasteiger partial charge in [-0.15, -0.1) is 11.3 Å². The fraction of sp³-hybridized carbons (Fsp3) is 0.353. The number of benzene rings is 1. The van der Waals surface area contributed by atoms with Crippen molar-refractivity contribution in [2.75, 3.05) is 20.3 Å². The maximum Gasteiger partial charge on any atom is 0.260 e. The van der Waals surface area contributed by atoms with Crippen LogP contribution in [0.2, 0.25) is 4.34 Å². The van der Waals surface area contributed by atoms with E-state index in [4.69, 9.17) is 21.1 Å². The second-order valence-electron chi connectivity index (χ2n) is 5.06. The lowest BCUT2D eigenvalue weighted by Crippen LogP contribution is -2.30. The Morgan fingerprint density at radius 2 is 1.78 bits per heavy atom. The molecular formula is C17H20ClNO3S. The van der Waals surface area contributed by atoms with Crippen molar-refractivity contribution in [2.24, 2.45) is 0 Å². The molecule has 23 heavy (non-hydrogen) atoms. The molecule has 4 nitrogen and oxygen atoms in total. The highest BCUT2D eigenvalue weighted by Crippen LogP contribution is 2.22. The summed E-state index contributed by atoms with van der Waals surface area (Å²) >= 11 is 7.36. The first kappa shape index (κ1) is 17.6. The van der Waals surface area contributed by atoms with Gasteiger partial charge < -0.3 is 14.4 Å². The number of likely N-dealkylation sites (N-methyl/N-ethyl adjacent to an activating group) is 1. The second kappa shape index (κ2) is 8.79. The van der Waals surface area contributed by atoms with Gasteiger partial charge in [-0.3, -0.25) is 4.79 Å². The molecule has 2 aromatic rings. The number of thiophene rings is 1. The van der Waals surface area contributed by atoms with Gasteiger partial charge in [-0.2, -0.15) is 0 Å². The van der Waals surface area contributed by atoms with E-state index in [9.17, 15) is 4.79 Å². The number of rotatable bonds is 8. The minimum atomic E-state index is -0.0826. The minimum Gasteiger partial charge on any atom is -0.494 e. The van der Waals surface area contributed by atoms with Crippen LogP contribution in [-0.2, 0) is 11.3 Å². The lowest BCUT2D eigenvalue weighted by Gasteiger charge is -2.16.